The number of ether oxygens (including phenoxy) is 4. The number of benzene rings is 2. The van der Waals surface area contributed by atoms with Crippen molar-refractivity contribution in [2.75, 3.05) is 57.5 Å². The highest BCUT2D eigenvalue weighted by Gasteiger charge is 2.25. The smallest absolute Gasteiger partial charge is 0.260 e. The quantitative estimate of drug-likeness (QED) is 0.521. The van der Waals surface area contributed by atoms with E-state index >= 15 is 0 Å². The Bertz CT molecular complexity index is 1120. The minimum absolute atomic E-state index is 0.115. The Morgan fingerprint density at radius 1 is 0.879 bits per heavy atom. The summed E-state index contributed by atoms with van der Waals surface area (Å²) in [6.07, 6.45) is 0. The molecule has 2 aliphatic heterocycles. The van der Waals surface area contributed by atoms with Gasteiger partial charge >= 0.3 is 0 Å². The molecule has 0 spiro atoms. The fourth-order valence-corrected chi connectivity index (χ4v) is 4.97. The third-order valence-electron chi connectivity index (χ3n) is 5.84. The summed E-state index contributed by atoms with van der Waals surface area (Å²) < 4.78 is 23.7. The Balaban J connectivity index is 1.49. The molecular formula is C24H27N3O5S. The van der Waals surface area contributed by atoms with Crippen LogP contribution in [0.5, 0.6) is 23.0 Å². The van der Waals surface area contributed by atoms with Gasteiger partial charge in [-0.2, -0.15) is 0 Å². The Hall–Kier alpha value is -3.04. The predicted octanol–water partition coefficient (Wildman–Crippen LogP) is 3.83. The molecule has 1 amide bonds. The third-order valence-corrected chi connectivity index (χ3v) is 6.88. The number of rotatable bonds is 7. The molecule has 0 N–H and O–H groups in total. The van der Waals surface area contributed by atoms with Gasteiger partial charge in [0.25, 0.3) is 5.91 Å². The Morgan fingerprint density at radius 2 is 1.52 bits per heavy atom. The Labute approximate surface area is 196 Å². The van der Waals surface area contributed by atoms with E-state index in [1.807, 2.05) is 12.1 Å². The lowest BCUT2D eigenvalue weighted by Crippen LogP contribution is -2.39. The summed E-state index contributed by atoms with van der Waals surface area (Å²) in [4.78, 5) is 22.5. The summed E-state index contributed by atoms with van der Waals surface area (Å²) in [6, 6.07) is 9.18. The first-order valence-electron chi connectivity index (χ1n) is 11.3. The molecule has 0 atom stereocenters. The van der Waals surface area contributed by atoms with Crippen molar-refractivity contribution in [3.63, 3.8) is 0 Å². The number of carbonyl (C=O) groups excluding carboxylic acids is 1. The molecule has 0 saturated carbocycles. The van der Waals surface area contributed by atoms with Gasteiger partial charge in [-0.3, -0.25) is 9.69 Å². The fourth-order valence-electron chi connectivity index (χ4n) is 3.97. The highest BCUT2D eigenvalue weighted by Crippen LogP contribution is 2.39. The number of anilines is 1. The number of hydrogen-bond acceptors (Lipinski definition) is 8. The van der Waals surface area contributed by atoms with E-state index in [2.05, 4.69) is 18.7 Å². The molecule has 3 heterocycles. The lowest BCUT2D eigenvalue weighted by atomic mass is 10.1. The van der Waals surface area contributed by atoms with E-state index < -0.39 is 0 Å². The van der Waals surface area contributed by atoms with Gasteiger partial charge in [-0.25, -0.2) is 4.98 Å². The van der Waals surface area contributed by atoms with Crippen LogP contribution in [-0.2, 0) is 0 Å². The van der Waals surface area contributed by atoms with Gasteiger partial charge in [0.2, 0.25) is 0 Å². The average molecular weight is 470 g/mol. The van der Waals surface area contributed by atoms with E-state index in [0.717, 1.165) is 35.6 Å². The first-order chi connectivity index (χ1) is 16.2. The summed E-state index contributed by atoms with van der Waals surface area (Å²) in [5.74, 6) is 2.56. The van der Waals surface area contributed by atoms with Crippen LogP contribution in [0.3, 0.4) is 0 Å². The van der Waals surface area contributed by atoms with Crippen LogP contribution in [0.25, 0.3) is 10.2 Å². The van der Waals surface area contributed by atoms with Crippen LogP contribution in [0.4, 0.5) is 5.13 Å². The van der Waals surface area contributed by atoms with Crippen molar-refractivity contribution in [1.29, 1.82) is 0 Å². The number of amides is 1. The van der Waals surface area contributed by atoms with Crippen LogP contribution in [0, 0.1) is 0 Å². The van der Waals surface area contributed by atoms with Crippen molar-refractivity contribution in [2.45, 2.75) is 13.8 Å². The third kappa shape index (κ3) is 4.43. The summed E-state index contributed by atoms with van der Waals surface area (Å²) in [5, 5.41) is 0.652. The maximum Gasteiger partial charge on any atom is 0.260 e. The molecule has 1 aromatic heterocycles. The Morgan fingerprint density at radius 3 is 2.21 bits per heavy atom. The zero-order valence-corrected chi connectivity index (χ0v) is 19.7. The molecule has 2 aromatic carbocycles. The lowest BCUT2D eigenvalue weighted by Gasteiger charge is -2.25. The fraction of sp³-hybridized carbons (Fsp3) is 0.417. The lowest BCUT2D eigenvalue weighted by molar-refractivity contribution is 0.0982. The van der Waals surface area contributed by atoms with E-state index in [1.165, 1.54) is 11.3 Å². The van der Waals surface area contributed by atoms with Gasteiger partial charge in [0.15, 0.2) is 28.1 Å². The Kier molecular flexibility index (Phi) is 6.24. The van der Waals surface area contributed by atoms with Crippen LogP contribution < -0.4 is 23.8 Å². The van der Waals surface area contributed by atoms with Crippen molar-refractivity contribution in [3.8, 4) is 23.0 Å². The van der Waals surface area contributed by atoms with Crippen molar-refractivity contribution in [1.82, 2.24) is 9.88 Å². The van der Waals surface area contributed by atoms with Gasteiger partial charge < -0.3 is 23.8 Å². The monoisotopic (exact) mass is 469 g/mol. The molecule has 0 unspecified atom stereocenters. The normalized spacial score (nSPS) is 14.5. The standard InChI is InChI=1S/C24H27N3O5S/c1-3-26(4-2)7-8-27(23(28)16-5-6-18-19(13-16)30-10-9-29-18)24-25-17-14-20-21(15-22(17)33-24)32-12-11-31-20/h5-6,13-15H,3-4,7-12H2,1-2H3. The van der Waals surface area contributed by atoms with Crippen molar-refractivity contribution >= 4 is 32.6 Å². The van der Waals surface area contributed by atoms with E-state index in [9.17, 15) is 4.79 Å². The van der Waals surface area contributed by atoms with E-state index in [1.54, 1.807) is 23.1 Å². The van der Waals surface area contributed by atoms with Gasteiger partial charge in [0.1, 0.15) is 26.4 Å². The maximum absolute atomic E-state index is 13.7. The van der Waals surface area contributed by atoms with E-state index in [4.69, 9.17) is 23.9 Å². The minimum atomic E-state index is -0.115. The molecule has 8 nitrogen and oxygen atoms in total. The van der Waals surface area contributed by atoms with Crippen LogP contribution in [0.15, 0.2) is 30.3 Å². The molecule has 2 aliphatic rings. The molecule has 3 aromatic rings. The SMILES string of the molecule is CCN(CC)CCN(C(=O)c1ccc2c(c1)OCCO2)c1nc2cc3c(cc2s1)OCCO3. The highest BCUT2D eigenvalue weighted by atomic mass is 32.1. The number of thiazole rings is 1. The summed E-state index contributed by atoms with van der Waals surface area (Å²) >= 11 is 1.48. The van der Waals surface area contributed by atoms with Crippen LogP contribution in [0.1, 0.15) is 24.2 Å². The largest absolute Gasteiger partial charge is 0.486 e. The summed E-state index contributed by atoms with van der Waals surface area (Å²) in [6.45, 7) is 9.41. The number of hydrogen-bond donors (Lipinski definition) is 0. The van der Waals surface area contributed by atoms with Gasteiger partial charge in [0.05, 0.1) is 10.2 Å². The van der Waals surface area contributed by atoms with Crippen molar-refractivity contribution in [2.24, 2.45) is 0 Å². The first-order valence-corrected chi connectivity index (χ1v) is 12.1. The molecule has 0 fully saturated rings. The van der Waals surface area contributed by atoms with Crippen molar-refractivity contribution in [3.05, 3.63) is 35.9 Å². The van der Waals surface area contributed by atoms with Gasteiger partial charge in [-0.15, -0.1) is 0 Å². The number of likely N-dealkylation sites (N-methyl/N-ethyl adjacent to an activating group) is 1. The first kappa shape index (κ1) is 21.8. The second-order valence-corrected chi connectivity index (χ2v) is 8.81. The molecule has 0 bridgehead atoms. The molecule has 0 aliphatic carbocycles. The summed E-state index contributed by atoms with van der Waals surface area (Å²) in [7, 11) is 0. The van der Waals surface area contributed by atoms with Gasteiger partial charge in [-0.1, -0.05) is 25.2 Å². The van der Waals surface area contributed by atoms with Crippen LogP contribution >= 0.6 is 11.3 Å². The molecule has 0 saturated heterocycles. The number of aromatic nitrogens is 1. The summed E-state index contributed by atoms with van der Waals surface area (Å²) in [5.41, 5.74) is 1.34. The minimum Gasteiger partial charge on any atom is -0.486 e. The molecule has 9 heteroatoms. The zero-order chi connectivity index (χ0) is 22.8. The number of fused-ring (bicyclic) bond motifs is 3. The molecule has 5 rings (SSSR count). The van der Waals surface area contributed by atoms with E-state index in [0.29, 0.717) is 60.9 Å². The predicted molar refractivity (Wildman–Crippen MR) is 128 cm³/mol. The second-order valence-electron chi connectivity index (χ2n) is 7.80. The number of nitrogens with zero attached hydrogens (tertiary/aromatic N) is 3. The van der Waals surface area contributed by atoms with Crippen LogP contribution in [-0.4, -0.2) is 68.4 Å². The molecule has 174 valence electrons. The molecule has 33 heavy (non-hydrogen) atoms. The average Bonchev–Trinajstić information content (AvgIpc) is 3.27. The zero-order valence-electron chi connectivity index (χ0n) is 18.8. The topological polar surface area (TPSA) is 73.4 Å². The second kappa shape index (κ2) is 9.44. The van der Waals surface area contributed by atoms with Crippen molar-refractivity contribution < 1.29 is 23.7 Å². The highest BCUT2D eigenvalue weighted by molar-refractivity contribution is 7.22. The van der Waals surface area contributed by atoms with Gasteiger partial charge in [0, 0.05) is 30.8 Å². The van der Waals surface area contributed by atoms with Crippen LogP contribution in [0.2, 0.25) is 0 Å². The maximum atomic E-state index is 13.7. The van der Waals surface area contributed by atoms with Gasteiger partial charge in [-0.05, 0) is 31.3 Å². The molecular weight excluding hydrogens is 442 g/mol. The van der Waals surface area contributed by atoms with E-state index in [-0.39, 0.29) is 5.91 Å². The number of carbonyl (C=O) groups is 1. The molecule has 0 radical (unpaired) electrons.